The first kappa shape index (κ1) is 10.7. The number of Topliss-reactive ketones (excluding diaryl/α,β-unsaturated/α-hetero) is 1. The summed E-state index contributed by atoms with van der Waals surface area (Å²) in [5.41, 5.74) is 0.445. The minimum atomic E-state index is 0.358. The van der Waals surface area contributed by atoms with Crippen molar-refractivity contribution in [2.75, 3.05) is 0 Å². The summed E-state index contributed by atoms with van der Waals surface area (Å²) in [5.74, 6) is 1.85. The average molecular weight is 182 g/mol. The molecule has 0 aromatic carbocycles. The summed E-state index contributed by atoms with van der Waals surface area (Å²) in [4.78, 5) is 11.0. The molecule has 1 nitrogen and oxygen atoms in total. The van der Waals surface area contributed by atoms with Gasteiger partial charge in [-0.25, -0.2) is 0 Å². The van der Waals surface area contributed by atoms with Crippen molar-refractivity contribution >= 4 is 5.78 Å². The van der Waals surface area contributed by atoms with Gasteiger partial charge in [0.05, 0.1) is 0 Å². The Labute approximate surface area is 81.9 Å². The van der Waals surface area contributed by atoms with E-state index in [1.54, 1.807) is 6.92 Å². The highest BCUT2D eigenvalue weighted by atomic mass is 16.1. The van der Waals surface area contributed by atoms with Crippen LogP contribution >= 0.6 is 0 Å². The van der Waals surface area contributed by atoms with Crippen LogP contribution < -0.4 is 0 Å². The highest BCUT2D eigenvalue weighted by molar-refractivity contribution is 5.76. The fourth-order valence-corrected chi connectivity index (χ4v) is 2.57. The molecular formula is C12H22O. The molecule has 1 saturated carbocycles. The highest BCUT2D eigenvalue weighted by Crippen LogP contribution is 2.62. The molecule has 0 radical (unpaired) electrons. The second-order valence-corrected chi connectivity index (χ2v) is 5.08. The second kappa shape index (κ2) is 3.81. The molecule has 0 aromatic heterocycles. The fourth-order valence-electron chi connectivity index (χ4n) is 2.57. The van der Waals surface area contributed by atoms with E-state index in [2.05, 4.69) is 20.8 Å². The first-order valence-electron chi connectivity index (χ1n) is 5.49. The van der Waals surface area contributed by atoms with Crippen molar-refractivity contribution in [3.63, 3.8) is 0 Å². The summed E-state index contributed by atoms with van der Waals surface area (Å²) in [5, 5.41) is 0. The number of carbonyl (C=O) groups excluding carboxylic acids is 1. The number of unbranched alkanes of at least 4 members (excludes halogenated alkanes) is 1. The van der Waals surface area contributed by atoms with Crippen LogP contribution in [-0.2, 0) is 4.79 Å². The number of carbonyl (C=O) groups is 1. The molecule has 0 bridgehead atoms. The van der Waals surface area contributed by atoms with Crippen LogP contribution in [0, 0.1) is 17.3 Å². The van der Waals surface area contributed by atoms with Crippen molar-refractivity contribution in [1.82, 2.24) is 0 Å². The molecule has 2 atom stereocenters. The third kappa shape index (κ3) is 2.32. The van der Waals surface area contributed by atoms with Crippen LogP contribution in [0.15, 0.2) is 0 Å². The van der Waals surface area contributed by atoms with Gasteiger partial charge in [0, 0.05) is 6.42 Å². The lowest BCUT2D eigenvalue weighted by Crippen LogP contribution is -1.96. The van der Waals surface area contributed by atoms with Crippen molar-refractivity contribution in [2.45, 2.75) is 53.4 Å². The van der Waals surface area contributed by atoms with Crippen LogP contribution in [0.1, 0.15) is 53.4 Å². The fraction of sp³-hybridized carbons (Fsp3) is 0.917. The Morgan fingerprint density at radius 2 is 1.92 bits per heavy atom. The molecule has 0 amide bonds. The quantitative estimate of drug-likeness (QED) is 0.636. The molecule has 1 heteroatoms. The van der Waals surface area contributed by atoms with E-state index in [9.17, 15) is 4.79 Å². The maximum Gasteiger partial charge on any atom is 0.130 e. The average Bonchev–Trinajstić information content (AvgIpc) is 2.49. The summed E-state index contributed by atoms with van der Waals surface area (Å²) >= 11 is 0. The van der Waals surface area contributed by atoms with Crippen LogP contribution in [0.3, 0.4) is 0 Å². The van der Waals surface area contributed by atoms with Crippen molar-refractivity contribution in [1.29, 1.82) is 0 Å². The molecule has 0 N–H and O–H groups in total. The van der Waals surface area contributed by atoms with E-state index in [1.165, 1.54) is 19.3 Å². The van der Waals surface area contributed by atoms with Gasteiger partial charge in [-0.05, 0) is 30.6 Å². The predicted octanol–water partition coefficient (Wildman–Crippen LogP) is 3.43. The molecule has 1 fully saturated rings. The van der Waals surface area contributed by atoms with Gasteiger partial charge in [0.25, 0.3) is 0 Å². The van der Waals surface area contributed by atoms with Crippen molar-refractivity contribution in [3.05, 3.63) is 0 Å². The van der Waals surface area contributed by atoms with Gasteiger partial charge in [-0.2, -0.15) is 0 Å². The van der Waals surface area contributed by atoms with E-state index in [0.717, 1.165) is 12.3 Å². The predicted molar refractivity (Wildman–Crippen MR) is 55.6 cm³/mol. The van der Waals surface area contributed by atoms with E-state index in [4.69, 9.17) is 0 Å². The Bertz CT molecular complexity index is 193. The summed E-state index contributed by atoms with van der Waals surface area (Å²) in [6.07, 6.45) is 4.73. The summed E-state index contributed by atoms with van der Waals surface area (Å²) in [6, 6.07) is 0. The molecule has 0 spiro atoms. The Balaban J connectivity index is 2.36. The van der Waals surface area contributed by atoms with Gasteiger partial charge in [0.1, 0.15) is 5.78 Å². The summed E-state index contributed by atoms with van der Waals surface area (Å²) in [7, 11) is 0. The SMILES string of the molecule is CCCC[C@@H]1[C@H](CC(C)=O)C1(C)C. The molecule has 0 heterocycles. The van der Waals surface area contributed by atoms with E-state index in [-0.39, 0.29) is 0 Å². The largest absolute Gasteiger partial charge is 0.300 e. The van der Waals surface area contributed by atoms with Crippen LogP contribution in [0.2, 0.25) is 0 Å². The number of hydrogen-bond donors (Lipinski definition) is 0. The number of hydrogen-bond acceptors (Lipinski definition) is 1. The van der Waals surface area contributed by atoms with Gasteiger partial charge in [0.2, 0.25) is 0 Å². The molecule has 0 saturated heterocycles. The zero-order valence-electron chi connectivity index (χ0n) is 9.39. The Morgan fingerprint density at radius 3 is 2.38 bits per heavy atom. The van der Waals surface area contributed by atoms with Gasteiger partial charge in [-0.15, -0.1) is 0 Å². The van der Waals surface area contributed by atoms with E-state index in [1.807, 2.05) is 0 Å². The molecule has 0 aliphatic heterocycles. The van der Waals surface area contributed by atoms with Crippen LogP contribution in [-0.4, -0.2) is 5.78 Å². The minimum absolute atomic E-state index is 0.358. The maximum atomic E-state index is 11.0. The normalized spacial score (nSPS) is 30.2. The Morgan fingerprint density at radius 1 is 1.31 bits per heavy atom. The molecule has 0 unspecified atom stereocenters. The molecule has 1 aliphatic rings. The molecule has 1 rings (SSSR count). The maximum absolute atomic E-state index is 11.0. The first-order chi connectivity index (χ1) is 6.00. The standard InChI is InChI=1S/C12H22O/c1-5-6-7-10-11(8-9(2)13)12(10,3)4/h10-11H,5-8H2,1-4H3/t10-,11+/m1/s1. The zero-order valence-corrected chi connectivity index (χ0v) is 9.39. The van der Waals surface area contributed by atoms with Gasteiger partial charge in [-0.1, -0.05) is 33.6 Å². The Hall–Kier alpha value is -0.330. The van der Waals surface area contributed by atoms with Crippen molar-refractivity contribution < 1.29 is 4.79 Å². The van der Waals surface area contributed by atoms with E-state index < -0.39 is 0 Å². The molecule has 76 valence electrons. The Kier molecular flexibility index (Phi) is 3.15. The monoisotopic (exact) mass is 182 g/mol. The highest BCUT2D eigenvalue weighted by Gasteiger charge is 2.56. The van der Waals surface area contributed by atoms with Crippen molar-refractivity contribution in [3.8, 4) is 0 Å². The topological polar surface area (TPSA) is 17.1 Å². The van der Waals surface area contributed by atoms with Crippen molar-refractivity contribution in [2.24, 2.45) is 17.3 Å². The lowest BCUT2D eigenvalue weighted by molar-refractivity contribution is -0.117. The van der Waals surface area contributed by atoms with E-state index >= 15 is 0 Å². The number of rotatable bonds is 5. The number of ketones is 1. The third-order valence-corrected chi connectivity index (χ3v) is 3.66. The molecule has 0 aromatic rings. The smallest absolute Gasteiger partial charge is 0.130 e. The first-order valence-corrected chi connectivity index (χ1v) is 5.49. The second-order valence-electron chi connectivity index (χ2n) is 5.08. The van der Waals surface area contributed by atoms with Gasteiger partial charge in [0.15, 0.2) is 0 Å². The molecular weight excluding hydrogens is 160 g/mol. The minimum Gasteiger partial charge on any atom is -0.300 e. The van der Waals surface area contributed by atoms with E-state index in [0.29, 0.717) is 17.1 Å². The lowest BCUT2D eigenvalue weighted by Gasteiger charge is -2.00. The van der Waals surface area contributed by atoms with Crippen LogP contribution in [0.4, 0.5) is 0 Å². The van der Waals surface area contributed by atoms with Crippen LogP contribution in [0.5, 0.6) is 0 Å². The van der Waals surface area contributed by atoms with Gasteiger partial charge >= 0.3 is 0 Å². The lowest BCUT2D eigenvalue weighted by atomic mass is 10.1. The molecule has 13 heavy (non-hydrogen) atoms. The van der Waals surface area contributed by atoms with Gasteiger partial charge < -0.3 is 4.79 Å². The zero-order chi connectivity index (χ0) is 10.1. The summed E-state index contributed by atoms with van der Waals surface area (Å²) in [6.45, 7) is 8.56. The summed E-state index contributed by atoms with van der Waals surface area (Å²) < 4.78 is 0. The van der Waals surface area contributed by atoms with Crippen LogP contribution in [0.25, 0.3) is 0 Å². The van der Waals surface area contributed by atoms with Gasteiger partial charge in [-0.3, -0.25) is 0 Å². The molecule has 1 aliphatic carbocycles. The third-order valence-electron chi connectivity index (χ3n) is 3.66.